The van der Waals surface area contributed by atoms with Crippen LogP contribution in [0.25, 0.3) is 0 Å². The van der Waals surface area contributed by atoms with Gasteiger partial charge in [0.15, 0.2) is 0 Å². The van der Waals surface area contributed by atoms with Crippen molar-refractivity contribution >= 4 is 23.7 Å². The zero-order valence-electron chi connectivity index (χ0n) is 28.0. The number of carbonyl (C=O) groups excluding carboxylic acids is 4. The highest BCUT2D eigenvalue weighted by Gasteiger charge is 2.87. The van der Waals surface area contributed by atoms with E-state index in [1.807, 2.05) is 34.6 Å². The number of hydrogen-bond donors (Lipinski definition) is 0. The monoisotopic (exact) mass is 602 g/mol. The highest BCUT2D eigenvalue weighted by molar-refractivity contribution is 5.79. The van der Waals surface area contributed by atoms with Crippen LogP contribution in [0.3, 0.4) is 0 Å². The van der Waals surface area contributed by atoms with Gasteiger partial charge >= 0.3 is 17.9 Å². The van der Waals surface area contributed by atoms with E-state index in [0.29, 0.717) is 36.4 Å². The van der Waals surface area contributed by atoms with Crippen molar-refractivity contribution in [1.82, 2.24) is 0 Å². The van der Waals surface area contributed by atoms with E-state index in [1.165, 1.54) is 20.8 Å². The van der Waals surface area contributed by atoms with E-state index in [1.54, 1.807) is 0 Å². The third-order valence-electron chi connectivity index (χ3n) is 13.6. The van der Waals surface area contributed by atoms with E-state index in [9.17, 15) is 19.2 Å². The summed E-state index contributed by atoms with van der Waals surface area (Å²) in [6, 6.07) is 0. The van der Waals surface area contributed by atoms with Crippen LogP contribution in [0, 0.1) is 46.3 Å². The molecular formula is C35H54O8. The van der Waals surface area contributed by atoms with Crippen LogP contribution in [0.4, 0.5) is 0 Å². The quantitative estimate of drug-likeness (QED) is 0.192. The number of carbonyl (C=O) groups is 4. The number of ether oxygens (including phenoxy) is 4. The zero-order chi connectivity index (χ0) is 31.9. The van der Waals surface area contributed by atoms with E-state index in [4.69, 9.17) is 18.9 Å². The van der Waals surface area contributed by atoms with Gasteiger partial charge in [0, 0.05) is 50.9 Å². The van der Waals surface area contributed by atoms with Crippen LogP contribution >= 0.6 is 0 Å². The highest BCUT2D eigenvalue weighted by Crippen LogP contribution is 2.77. The predicted octanol–water partition coefficient (Wildman–Crippen LogP) is 6.21. The summed E-state index contributed by atoms with van der Waals surface area (Å²) in [7, 11) is 0. The molecule has 0 aromatic heterocycles. The lowest BCUT2D eigenvalue weighted by molar-refractivity contribution is -0.169. The number of ketones is 1. The fourth-order valence-electron chi connectivity index (χ4n) is 11.3. The minimum Gasteiger partial charge on any atom is -0.460 e. The van der Waals surface area contributed by atoms with Gasteiger partial charge in [0.2, 0.25) is 0 Å². The molecule has 12 atom stereocenters. The second-order valence-electron chi connectivity index (χ2n) is 16.0. The molecular weight excluding hydrogens is 548 g/mol. The van der Waals surface area contributed by atoms with Crippen molar-refractivity contribution in [2.45, 2.75) is 150 Å². The van der Waals surface area contributed by atoms with Gasteiger partial charge in [0.1, 0.15) is 34.8 Å². The third-order valence-corrected chi connectivity index (χ3v) is 13.6. The topological polar surface area (TPSA) is 109 Å². The molecule has 8 heteroatoms. The van der Waals surface area contributed by atoms with Crippen molar-refractivity contribution < 1.29 is 38.1 Å². The molecule has 1 saturated heterocycles. The van der Waals surface area contributed by atoms with Gasteiger partial charge in [-0.05, 0) is 88.4 Å². The molecule has 43 heavy (non-hydrogen) atoms. The lowest BCUT2D eigenvalue weighted by atomic mass is 9.44. The van der Waals surface area contributed by atoms with Crippen LogP contribution < -0.4 is 0 Å². The molecule has 0 aromatic rings. The van der Waals surface area contributed by atoms with Crippen LogP contribution in [0.1, 0.15) is 121 Å². The van der Waals surface area contributed by atoms with Gasteiger partial charge in [-0.3, -0.25) is 19.2 Å². The number of epoxide rings is 1. The number of hydrogen-bond acceptors (Lipinski definition) is 8. The summed E-state index contributed by atoms with van der Waals surface area (Å²) in [4.78, 5) is 49.5. The maximum Gasteiger partial charge on any atom is 0.303 e. The van der Waals surface area contributed by atoms with Crippen LogP contribution in [0.15, 0.2) is 0 Å². The Balaban J connectivity index is 1.52. The lowest BCUT2D eigenvalue weighted by Crippen LogP contribution is -2.58. The van der Waals surface area contributed by atoms with Crippen molar-refractivity contribution in [2.24, 2.45) is 46.3 Å². The summed E-state index contributed by atoms with van der Waals surface area (Å²) < 4.78 is 25.0. The number of esters is 3. The molecule has 0 N–H and O–H groups in total. The first kappa shape index (κ1) is 32.4. The Labute approximate surface area is 257 Å². The molecule has 0 amide bonds. The molecule has 0 bridgehead atoms. The standard InChI is InChI=1S/C35H54O8/c1-19(20(2)31(6,7)42-23(5)38)30(41-22(4)37)34(10)35(43-34)29(40-21(3)36)18-28-26-12-11-24-17-25(39)13-15-32(24,8)27(26)14-16-33(28,35)9/h19-20,24,26-30H,11-18H2,1-10H3/t19-,20-,24-,26+,27-,28-,29-,30+,32-,33-,34-,35-/m0/s1. The first-order valence-corrected chi connectivity index (χ1v) is 16.6. The van der Waals surface area contributed by atoms with E-state index >= 15 is 0 Å². The Morgan fingerprint density at radius 2 is 1.60 bits per heavy atom. The van der Waals surface area contributed by atoms with Crippen molar-refractivity contribution in [3.8, 4) is 0 Å². The first-order valence-electron chi connectivity index (χ1n) is 16.6. The summed E-state index contributed by atoms with van der Waals surface area (Å²) in [6.07, 6.45) is 6.12. The summed E-state index contributed by atoms with van der Waals surface area (Å²) in [6.45, 7) is 18.9. The zero-order valence-corrected chi connectivity index (χ0v) is 28.0. The molecule has 5 rings (SSSR count). The smallest absolute Gasteiger partial charge is 0.303 e. The molecule has 0 radical (unpaired) electrons. The molecule has 1 heterocycles. The van der Waals surface area contributed by atoms with Gasteiger partial charge in [0.25, 0.3) is 0 Å². The fraction of sp³-hybridized carbons (Fsp3) is 0.886. The number of fused-ring (bicyclic) bond motifs is 6. The molecule has 0 aromatic carbocycles. The molecule has 242 valence electrons. The molecule has 1 spiro atoms. The second kappa shape index (κ2) is 10.6. The van der Waals surface area contributed by atoms with Crippen molar-refractivity contribution in [2.75, 3.05) is 0 Å². The average molecular weight is 603 g/mol. The predicted molar refractivity (Wildman–Crippen MR) is 160 cm³/mol. The highest BCUT2D eigenvalue weighted by atomic mass is 16.7. The number of rotatable bonds is 7. The van der Waals surface area contributed by atoms with Crippen LogP contribution in [-0.2, 0) is 38.1 Å². The fourth-order valence-corrected chi connectivity index (χ4v) is 11.3. The van der Waals surface area contributed by atoms with Gasteiger partial charge in [-0.2, -0.15) is 0 Å². The summed E-state index contributed by atoms with van der Waals surface area (Å²) >= 11 is 0. The minimum absolute atomic E-state index is 0.158. The normalized spacial score (nSPS) is 43.9. The van der Waals surface area contributed by atoms with E-state index in [0.717, 1.165) is 38.5 Å². The molecule has 8 nitrogen and oxygen atoms in total. The average Bonchev–Trinajstić information content (AvgIpc) is 3.47. The van der Waals surface area contributed by atoms with E-state index < -0.39 is 35.0 Å². The molecule has 5 fully saturated rings. The van der Waals surface area contributed by atoms with Crippen LogP contribution in [0.2, 0.25) is 0 Å². The Bertz CT molecular complexity index is 1180. The van der Waals surface area contributed by atoms with Crippen LogP contribution in [-0.4, -0.2) is 52.7 Å². The van der Waals surface area contributed by atoms with Gasteiger partial charge in [0.05, 0.1) is 0 Å². The first-order chi connectivity index (χ1) is 19.8. The Morgan fingerprint density at radius 1 is 0.930 bits per heavy atom. The molecule has 4 aliphatic carbocycles. The summed E-state index contributed by atoms with van der Waals surface area (Å²) in [5, 5.41) is 0. The Morgan fingerprint density at radius 3 is 2.21 bits per heavy atom. The second-order valence-corrected chi connectivity index (χ2v) is 16.0. The molecule has 0 unspecified atom stereocenters. The van der Waals surface area contributed by atoms with Crippen LogP contribution in [0.5, 0.6) is 0 Å². The Kier molecular flexibility index (Phi) is 7.96. The summed E-state index contributed by atoms with van der Waals surface area (Å²) in [5.41, 5.74) is -2.63. The van der Waals surface area contributed by atoms with E-state index in [2.05, 4.69) is 13.8 Å². The van der Waals surface area contributed by atoms with E-state index in [-0.39, 0.29) is 40.5 Å². The maximum atomic E-state index is 12.6. The molecule has 4 saturated carbocycles. The minimum atomic E-state index is -0.895. The molecule has 5 aliphatic rings. The van der Waals surface area contributed by atoms with Crippen molar-refractivity contribution in [3.63, 3.8) is 0 Å². The van der Waals surface area contributed by atoms with Crippen molar-refractivity contribution in [3.05, 3.63) is 0 Å². The van der Waals surface area contributed by atoms with Gasteiger partial charge in [-0.1, -0.05) is 27.7 Å². The maximum absolute atomic E-state index is 12.6. The van der Waals surface area contributed by atoms with Crippen molar-refractivity contribution in [1.29, 1.82) is 0 Å². The van der Waals surface area contributed by atoms with Gasteiger partial charge in [-0.25, -0.2) is 0 Å². The Hall–Kier alpha value is -1.96. The largest absolute Gasteiger partial charge is 0.460 e. The molecule has 1 aliphatic heterocycles. The van der Waals surface area contributed by atoms with Gasteiger partial charge in [-0.15, -0.1) is 0 Å². The third kappa shape index (κ3) is 4.78. The SMILES string of the molecule is CC(=O)O[C@H]1C[C@H]2[C@@H]3CC[C@H]4CC(=O)CC[C@]4(C)[C@H]3CC[C@]2(C)[C@@]12O[C@@]2(C)[C@H](OC(C)=O)[C@@H](C)[C@H](C)C(C)(C)OC(C)=O. The lowest BCUT2D eigenvalue weighted by Gasteiger charge is -2.60. The van der Waals surface area contributed by atoms with Gasteiger partial charge < -0.3 is 18.9 Å². The summed E-state index contributed by atoms with van der Waals surface area (Å²) in [5.74, 6) is 0.667. The number of Topliss-reactive ketones (excluding diaryl/α,β-unsaturated/α-hetero) is 1.